The van der Waals surface area contributed by atoms with Crippen molar-refractivity contribution >= 4 is 39.0 Å². The zero-order valence-corrected chi connectivity index (χ0v) is 62.3. The van der Waals surface area contributed by atoms with E-state index in [0.717, 1.165) is 96.1 Å². The van der Waals surface area contributed by atoms with E-state index in [-0.39, 0.29) is 126 Å². The van der Waals surface area contributed by atoms with Crippen molar-refractivity contribution in [2.45, 2.75) is 210 Å². The number of hydrogen-bond acceptors (Lipinski definition) is 16. The monoisotopic (exact) mass is 1320 g/mol. The van der Waals surface area contributed by atoms with Crippen LogP contribution in [0.25, 0.3) is 22.3 Å². The van der Waals surface area contributed by atoms with E-state index in [4.69, 9.17) is 13.6 Å². The van der Waals surface area contributed by atoms with Crippen LogP contribution in [0.1, 0.15) is 188 Å². The number of aryl methyl sites for hydroxylation is 2. The number of phosphoric ester groups is 2. The Morgan fingerprint density at radius 3 is 1.16 bits per heavy atom. The number of phosphoric acid groups is 2. The molecule has 0 bridgehead atoms. The van der Waals surface area contributed by atoms with E-state index >= 15 is 0 Å². The minimum Gasteiger partial charge on any atom is -0.790 e. The molecule has 2 N–H and O–H groups in total. The summed E-state index contributed by atoms with van der Waals surface area (Å²) in [5.41, 5.74) is 7.60. The van der Waals surface area contributed by atoms with Gasteiger partial charge in [-0.3, -0.25) is 42.1 Å². The first kappa shape index (κ1) is 75.2. The molecule has 0 aliphatic heterocycles. The molecule has 22 nitrogen and oxygen atoms in total. The Morgan fingerprint density at radius 2 is 0.870 bits per heavy atom. The third kappa shape index (κ3) is 20.0. The standard InChI is InChI=1S/C37H54N5O6P.C29H38N5O6P.2Na/c1-23(2)42-30(19-20-38-42)35(44)39-34(33(28-15-16-28)29-17-18-29)31(43)21-26-11-13-27(14-12-26)32-24(3)40-41(25(32)4)22-46-49(45,47-36(5,6)7)48-37(8,9)10;1-17(2)34-24(13-14-30-34)29(36)31-28(27(22-9-10-22)23-11-12-23)25(35)15-20-5-7-21(8-6-20)26-18(3)32-33(19(26)4)16-40-41(37,38)39;;/h11-14,19-20,23,28-29,33-34H,15-18,21-22H2,1-10H3,(H,39,44);5-8,13-14,17,22-23,27-28H,9-12,15-16H2,1-4H3,(H,31,36)(H2,37,38,39);;/q;;2*+1/p-2/t34-;28-;;/m11../s1. The maximum absolute atomic E-state index is 14.0. The summed E-state index contributed by atoms with van der Waals surface area (Å²) >= 11 is 0. The van der Waals surface area contributed by atoms with Crippen molar-refractivity contribution in [2.75, 3.05) is 0 Å². The average molecular weight is 1320 g/mol. The summed E-state index contributed by atoms with van der Waals surface area (Å²) in [4.78, 5) is 76.5. The first-order valence-corrected chi connectivity index (χ1v) is 34.5. The van der Waals surface area contributed by atoms with Gasteiger partial charge in [0.2, 0.25) is 0 Å². The first-order valence-electron chi connectivity index (χ1n) is 31.6. The number of hydrogen-bond donors (Lipinski definition) is 2. The molecule has 2 amide bonds. The maximum Gasteiger partial charge on any atom is 1.00 e. The molecule has 488 valence electrons. The van der Waals surface area contributed by atoms with Crippen LogP contribution in [0.15, 0.2) is 73.1 Å². The van der Waals surface area contributed by atoms with Crippen molar-refractivity contribution in [2.24, 2.45) is 35.5 Å². The van der Waals surface area contributed by atoms with Crippen molar-refractivity contribution in [3.8, 4) is 22.3 Å². The number of Topliss-reactive ketones (excluding diaryl/α,β-unsaturated/α-hetero) is 2. The number of rotatable bonds is 28. The predicted molar refractivity (Wildman–Crippen MR) is 336 cm³/mol. The van der Waals surface area contributed by atoms with Gasteiger partial charge in [0.25, 0.3) is 11.8 Å². The van der Waals surface area contributed by atoms with Gasteiger partial charge < -0.3 is 29.5 Å². The van der Waals surface area contributed by atoms with E-state index in [1.165, 1.54) is 4.68 Å². The molecule has 0 radical (unpaired) electrons. The molecule has 4 saturated carbocycles. The van der Waals surface area contributed by atoms with Crippen molar-refractivity contribution in [1.82, 2.24) is 49.8 Å². The molecular weight excluding hydrogens is 1230 g/mol. The van der Waals surface area contributed by atoms with Crippen LogP contribution in [0.5, 0.6) is 0 Å². The fourth-order valence-corrected chi connectivity index (χ4v) is 14.5. The maximum atomic E-state index is 14.0. The number of carbonyl (C=O) groups excluding carboxylic acids is 4. The number of nitrogens with one attached hydrogen (secondary N) is 2. The third-order valence-electron chi connectivity index (χ3n) is 16.9. The van der Waals surface area contributed by atoms with Gasteiger partial charge in [-0.15, -0.1) is 0 Å². The zero-order chi connectivity index (χ0) is 65.4. The largest absolute Gasteiger partial charge is 1.00 e. The minimum atomic E-state index is -5.12. The molecule has 4 fully saturated rings. The third-order valence-corrected chi connectivity index (χ3v) is 19.3. The fraction of sp³-hybridized carbons (Fsp3) is 0.576. The molecule has 0 unspecified atom stereocenters. The summed E-state index contributed by atoms with van der Waals surface area (Å²) in [6, 6.07) is 17.9. The fourth-order valence-electron chi connectivity index (χ4n) is 12.5. The van der Waals surface area contributed by atoms with Gasteiger partial charge in [-0.25, -0.2) is 13.9 Å². The number of carbonyl (C=O) groups is 4. The number of ketones is 2. The first-order chi connectivity index (χ1) is 42.3. The minimum absolute atomic E-state index is 0. The molecule has 0 saturated heterocycles. The molecule has 26 heteroatoms. The molecular formula is C66H90N10Na2O12P2. The van der Waals surface area contributed by atoms with Gasteiger partial charge in [-0.05, 0) is 218 Å². The average Bonchev–Trinajstić information content (AvgIpc) is 1.78. The van der Waals surface area contributed by atoms with E-state index in [0.29, 0.717) is 46.4 Å². The summed E-state index contributed by atoms with van der Waals surface area (Å²) in [5.74, 6) is 1.76. The Balaban J connectivity index is 0.000000259. The Hall–Kier alpha value is -4.22. The van der Waals surface area contributed by atoms with E-state index in [9.17, 15) is 38.1 Å². The van der Waals surface area contributed by atoms with Gasteiger partial charge in [0.05, 0.1) is 42.5 Å². The van der Waals surface area contributed by atoms with Crippen LogP contribution in [0.4, 0.5) is 0 Å². The SMILES string of the molecule is Cc1nn(COP(=O)(OC(C)(C)C)OC(C)(C)C)c(C)c1-c1ccc(CC(=O)[C@@H](NC(=O)c2ccnn2C(C)C)C(C2CC2)C2CC2)cc1.Cc1nn(COP(=O)([O-])[O-])c(C)c1-c1ccc(CC(=O)[C@@H](NC(=O)c2ccnn2C(C)C)C(C2CC2)C2CC2)cc1.[Na+].[Na+]. The second kappa shape index (κ2) is 30.9. The summed E-state index contributed by atoms with van der Waals surface area (Å²) in [6.07, 6.45) is 12.5. The Labute approximate surface area is 585 Å². The van der Waals surface area contributed by atoms with Gasteiger partial charge in [-0.1, -0.05) is 48.5 Å². The number of amides is 2. The van der Waals surface area contributed by atoms with Crippen molar-refractivity contribution < 1.29 is 115 Å². The molecule has 0 spiro atoms. The van der Waals surface area contributed by atoms with Crippen LogP contribution in [-0.4, -0.2) is 85.8 Å². The van der Waals surface area contributed by atoms with Crippen LogP contribution in [0, 0.1) is 63.2 Å². The van der Waals surface area contributed by atoms with Crippen LogP contribution in [0.3, 0.4) is 0 Å². The van der Waals surface area contributed by atoms with Gasteiger partial charge in [0, 0.05) is 59.8 Å². The zero-order valence-electron chi connectivity index (χ0n) is 56.6. The molecule has 4 aliphatic rings. The number of benzene rings is 2. The van der Waals surface area contributed by atoms with Crippen molar-refractivity contribution in [1.29, 1.82) is 0 Å². The molecule has 92 heavy (non-hydrogen) atoms. The second-order valence-electron chi connectivity index (χ2n) is 27.5. The molecule has 10 rings (SSSR count). The Bertz CT molecular complexity index is 3590. The van der Waals surface area contributed by atoms with Crippen molar-refractivity contribution in [3.63, 3.8) is 0 Å². The van der Waals surface area contributed by atoms with E-state index in [2.05, 4.69) is 35.6 Å². The van der Waals surface area contributed by atoms with Crippen LogP contribution in [-0.2, 0) is 63.1 Å². The molecule has 6 aromatic rings. The van der Waals surface area contributed by atoms with Crippen LogP contribution < -0.4 is 79.5 Å². The second-order valence-corrected chi connectivity index (χ2v) is 30.2. The molecule has 4 aromatic heterocycles. The smallest absolute Gasteiger partial charge is 0.790 e. The molecule has 2 atom stereocenters. The van der Waals surface area contributed by atoms with Crippen LogP contribution >= 0.6 is 15.6 Å². The van der Waals surface area contributed by atoms with Crippen molar-refractivity contribution in [3.05, 3.63) is 118 Å². The predicted octanol–water partition coefficient (Wildman–Crippen LogP) is 5.10. The number of nitrogens with zero attached hydrogens (tertiary/aromatic N) is 8. The summed E-state index contributed by atoms with van der Waals surface area (Å²) < 4.78 is 52.6. The van der Waals surface area contributed by atoms with E-state index in [1.54, 1.807) is 94.0 Å². The summed E-state index contributed by atoms with van der Waals surface area (Å²) in [7, 11) is -9.04. The van der Waals surface area contributed by atoms with Gasteiger partial charge in [-0.2, -0.15) is 20.4 Å². The molecule has 2 aromatic carbocycles. The number of aromatic nitrogens is 8. The summed E-state index contributed by atoms with van der Waals surface area (Å²) in [6.45, 7) is 25.5. The normalized spacial score (nSPS) is 16.0. The van der Waals surface area contributed by atoms with E-state index in [1.807, 2.05) is 90.1 Å². The van der Waals surface area contributed by atoms with Crippen LogP contribution in [0.2, 0.25) is 0 Å². The van der Waals surface area contributed by atoms with Gasteiger partial charge in [0.1, 0.15) is 18.1 Å². The topological polar surface area (TPSA) is 281 Å². The molecule has 4 heterocycles. The van der Waals surface area contributed by atoms with Gasteiger partial charge in [0.15, 0.2) is 18.3 Å². The summed E-state index contributed by atoms with van der Waals surface area (Å²) in [5, 5.41) is 23.9. The Morgan fingerprint density at radius 1 is 0.543 bits per heavy atom. The quantitative estimate of drug-likeness (QED) is 0.0477. The van der Waals surface area contributed by atoms with Gasteiger partial charge >= 0.3 is 66.9 Å². The molecule has 4 aliphatic carbocycles. The Kier molecular flexibility index (Phi) is 25.2. The van der Waals surface area contributed by atoms with E-state index < -0.39 is 45.7 Å².